The molecule has 9 aromatic rings. The Morgan fingerprint density at radius 2 is 1.28 bits per heavy atom. The quantitative estimate of drug-likeness (QED) is 0.218. The van der Waals surface area contributed by atoms with Crippen LogP contribution < -0.4 is 0 Å². The van der Waals surface area contributed by atoms with Gasteiger partial charge < -0.3 is 8.98 Å². The molecule has 5 nitrogen and oxygen atoms in total. The Morgan fingerprint density at radius 1 is 0.535 bits per heavy atom. The van der Waals surface area contributed by atoms with Crippen LogP contribution in [0, 0.1) is 0 Å². The first-order valence-corrected chi connectivity index (χ1v) is 14.3. The van der Waals surface area contributed by atoms with E-state index in [2.05, 4.69) is 131 Å². The second-order valence-corrected chi connectivity index (χ2v) is 10.7. The Kier molecular flexibility index (Phi) is 5.13. The molecule has 9 rings (SSSR count). The van der Waals surface area contributed by atoms with Crippen molar-refractivity contribution in [3.63, 3.8) is 0 Å². The van der Waals surface area contributed by atoms with E-state index in [1.807, 2.05) is 18.2 Å². The lowest BCUT2D eigenvalue weighted by Crippen LogP contribution is -2.03. The van der Waals surface area contributed by atoms with Gasteiger partial charge in [0.2, 0.25) is 5.95 Å². The molecule has 43 heavy (non-hydrogen) atoms. The summed E-state index contributed by atoms with van der Waals surface area (Å²) in [5.74, 6) is 0.609. The summed E-state index contributed by atoms with van der Waals surface area (Å²) < 4.78 is 10.5. The Balaban J connectivity index is 1.37. The number of nitrogens with zero attached hydrogens (tertiary/aromatic N) is 4. The summed E-state index contributed by atoms with van der Waals surface area (Å²) in [6.45, 7) is 0. The molecule has 0 aliphatic carbocycles. The fourth-order valence-electron chi connectivity index (χ4n) is 6.39. The predicted octanol–water partition coefficient (Wildman–Crippen LogP) is 9.60. The fourth-order valence-corrected chi connectivity index (χ4v) is 6.39. The molecule has 202 valence electrons. The van der Waals surface area contributed by atoms with E-state index in [9.17, 15) is 0 Å². The van der Waals surface area contributed by atoms with Crippen molar-refractivity contribution in [1.29, 1.82) is 0 Å². The van der Waals surface area contributed by atoms with E-state index in [1.54, 1.807) is 6.26 Å². The second-order valence-electron chi connectivity index (χ2n) is 10.7. The molecule has 5 heteroatoms. The summed E-state index contributed by atoms with van der Waals surface area (Å²) in [5.41, 5.74) is 9.81. The predicted molar refractivity (Wildman–Crippen MR) is 174 cm³/mol. The van der Waals surface area contributed by atoms with Gasteiger partial charge in [0.15, 0.2) is 5.58 Å². The summed E-state index contributed by atoms with van der Waals surface area (Å²) >= 11 is 0. The molecule has 0 aliphatic rings. The van der Waals surface area contributed by atoms with Gasteiger partial charge in [-0.15, -0.1) is 0 Å². The third-order valence-corrected chi connectivity index (χ3v) is 8.30. The Morgan fingerprint density at radius 3 is 2.14 bits per heavy atom. The van der Waals surface area contributed by atoms with Crippen molar-refractivity contribution >= 4 is 43.8 Å². The molecule has 0 fully saturated rings. The maximum absolute atomic E-state index is 6.03. The third-order valence-electron chi connectivity index (χ3n) is 8.30. The Labute approximate surface area is 246 Å². The smallest absolute Gasteiger partial charge is 0.236 e. The molecular formula is C38H24N4O. The Hall–Kier alpha value is -5.94. The molecule has 0 saturated heterocycles. The van der Waals surface area contributed by atoms with Crippen molar-refractivity contribution in [2.75, 3.05) is 0 Å². The SMILES string of the molecule is c1ccc(-c2ccccc2-c2nc(-n3c4ccccc4c4ccc5c(ccn5-c5ccccc5)c43)nc3ccoc23)cc1. The lowest BCUT2D eigenvalue weighted by Gasteiger charge is -2.13. The average molecular weight is 553 g/mol. The van der Waals surface area contributed by atoms with Gasteiger partial charge in [0.1, 0.15) is 11.2 Å². The number of benzene rings is 5. The van der Waals surface area contributed by atoms with E-state index >= 15 is 0 Å². The highest BCUT2D eigenvalue weighted by atomic mass is 16.3. The third kappa shape index (κ3) is 3.58. The maximum Gasteiger partial charge on any atom is 0.236 e. The zero-order chi connectivity index (χ0) is 28.3. The van der Waals surface area contributed by atoms with Crippen molar-refractivity contribution in [3.05, 3.63) is 146 Å². The maximum atomic E-state index is 6.03. The molecule has 5 aromatic carbocycles. The number of hydrogen-bond donors (Lipinski definition) is 0. The molecule has 0 radical (unpaired) electrons. The molecule has 0 unspecified atom stereocenters. The molecule has 0 saturated carbocycles. The van der Waals surface area contributed by atoms with Gasteiger partial charge in [-0.1, -0.05) is 97.1 Å². The summed E-state index contributed by atoms with van der Waals surface area (Å²) in [5, 5.41) is 3.46. The summed E-state index contributed by atoms with van der Waals surface area (Å²) in [6.07, 6.45) is 3.84. The van der Waals surface area contributed by atoms with Gasteiger partial charge in [-0.25, -0.2) is 9.97 Å². The van der Waals surface area contributed by atoms with Crippen LogP contribution >= 0.6 is 0 Å². The minimum absolute atomic E-state index is 0.609. The van der Waals surface area contributed by atoms with Gasteiger partial charge in [-0.2, -0.15) is 0 Å². The summed E-state index contributed by atoms with van der Waals surface area (Å²) in [7, 11) is 0. The van der Waals surface area contributed by atoms with Crippen LogP contribution in [0.25, 0.3) is 77.8 Å². The number of para-hydroxylation sites is 2. The first-order chi connectivity index (χ1) is 21.3. The lowest BCUT2D eigenvalue weighted by atomic mass is 9.97. The molecular weight excluding hydrogens is 528 g/mol. The largest absolute Gasteiger partial charge is 0.460 e. The molecule has 4 aromatic heterocycles. The summed E-state index contributed by atoms with van der Waals surface area (Å²) in [4.78, 5) is 10.4. The lowest BCUT2D eigenvalue weighted by molar-refractivity contribution is 0.614. The van der Waals surface area contributed by atoms with Gasteiger partial charge >= 0.3 is 0 Å². The van der Waals surface area contributed by atoms with Crippen LogP contribution in [0.1, 0.15) is 0 Å². The molecule has 0 spiro atoms. The molecule has 0 amide bonds. The zero-order valence-electron chi connectivity index (χ0n) is 23.1. The highest BCUT2D eigenvalue weighted by Gasteiger charge is 2.22. The molecule has 0 atom stereocenters. The van der Waals surface area contributed by atoms with Gasteiger partial charge in [-0.05, 0) is 41.5 Å². The van der Waals surface area contributed by atoms with Crippen LogP contribution in [0.15, 0.2) is 150 Å². The van der Waals surface area contributed by atoms with Crippen molar-refractivity contribution in [3.8, 4) is 34.0 Å². The van der Waals surface area contributed by atoms with E-state index in [-0.39, 0.29) is 0 Å². The summed E-state index contributed by atoms with van der Waals surface area (Å²) in [6, 6.07) is 46.3. The fraction of sp³-hybridized carbons (Fsp3) is 0. The molecule has 4 heterocycles. The standard InChI is InChI=1S/C38H24N4O/c1-3-11-25(12-4-1)27-15-7-8-17-29(27)35-37-32(22-24-43-37)39-38(40-35)42-34-18-10-9-16-28(34)30-19-20-33-31(36(30)42)21-23-41(33)26-13-5-2-6-14-26/h1-24H. The minimum atomic E-state index is 0.609. The van der Waals surface area contributed by atoms with Gasteiger partial charge in [-0.3, -0.25) is 4.57 Å². The number of rotatable bonds is 4. The van der Waals surface area contributed by atoms with Crippen molar-refractivity contribution in [1.82, 2.24) is 19.1 Å². The van der Waals surface area contributed by atoms with Crippen molar-refractivity contribution in [2.24, 2.45) is 0 Å². The van der Waals surface area contributed by atoms with Crippen LogP contribution in [0.2, 0.25) is 0 Å². The van der Waals surface area contributed by atoms with Crippen LogP contribution in [-0.4, -0.2) is 19.1 Å². The topological polar surface area (TPSA) is 48.8 Å². The van der Waals surface area contributed by atoms with Crippen molar-refractivity contribution in [2.45, 2.75) is 0 Å². The number of furan rings is 1. The van der Waals surface area contributed by atoms with E-state index in [0.29, 0.717) is 11.5 Å². The first kappa shape index (κ1) is 23.7. The van der Waals surface area contributed by atoms with Crippen LogP contribution in [-0.2, 0) is 0 Å². The monoisotopic (exact) mass is 552 g/mol. The number of aromatic nitrogens is 4. The van der Waals surface area contributed by atoms with Crippen LogP contribution in [0.4, 0.5) is 0 Å². The highest BCUT2D eigenvalue weighted by molar-refractivity contribution is 6.18. The first-order valence-electron chi connectivity index (χ1n) is 14.3. The second kappa shape index (κ2) is 9.29. The van der Waals surface area contributed by atoms with E-state index in [0.717, 1.165) is 66.3 Å². The normalized spacial score (nSPS) is 11.7. The molecule has 0 N–H and O–H groups in total. The number of fused-ring (bicyclic) bond motifs is 6. The highest BCUT2D eigenvalue weighted by Crippen LogP contribution is 2.39. The molecule has 0 aliphatic heterocycles. The van der Waals surface area contributed by atoms with Gasteiger partial charge in [0.05, 0.1) is 22.8 Å². The number of hydrogen-bond acceptors (Lipinski definition) is 3. The van der Waals surface area contributed by atoms with E-state index < -0.39 is 0 Å². The van der Waals surface area contributed by atoms with Crippen LogP contribution in [0.3, 0.4) is 0 Å². The average Bonchev–Trinajstić information content (AvgIpc) is 3.81. The minimum Gasteiger partial charge on any atom is -0.460 e. The molecule has 0 bridgehead atoms. The van der Waals surface area contributed by atoms with Crippen LogP contribution in [0.5, 0.6) is 0 Å². The zero-order valence-corrected chi connectivity index (χ0v) is 23.1. The van der Waals surface area contributed by atoms with Gasteiger partial charge in [0, 0.05) is 39.7 Å². The van der Waals surface area contributed by atoms with E-state index in [4.69, 9.17) is 14.4 Å². The van der Waals surface area contributed by atoms with Gasteiger partial charge in [0.25, 0.3) is 0 Å². The Bertz CT molecular complexity index is 2450. The van der Waals surface area contributed by atoms with Crippen molar-refractivity contribution < 1.29 is 4.42 Å². The van der Waals surface area contributed by atoms with E-state index in [1.165, 1.54) is 0 Å².